The van der Waals surface area contributed by atoms with Gasteiger partial charge in [-0.1, -0.05) is 50.2 Å². The summed E-state index contributed by atoms with van der Waals surface area (Å²) in [6.07, 6.45) is 0. The topological polar surface area (TPSA) is 21.3 Å². The number of benzene rings is 1. The van der Waals surface area contributed by atoms with E-state index in [2.05, 4.69) is 25.7 Å². The quantitative estimate of drug-likeness (QED) is 0.752. The standard InChI is InChI=1S/C14H20ClNO/c1-11(2)16-8-12(3)9-17-10-13-6-4-5-7-14(13)15/h4-7,11,16H,3,8-10H2,1-2H3. The van der Waals surface area contributed by atoms with Gasteiger partial charge in [0.05, 0.1) is 13.2 Å². The molecular formula is C14H20ClNO. The normalized spacial score (nSPS) is 10.8. The predicted octanol–water partition coefficient (Wildman–Crippen LogP) is 3.41. The molecule has 94 valence electrons. The van der Waals surface area contributed by atoms with Gasteiger partial charge in [0, 0.05) is 17.6 Å². The van der Waals surface area contributed by atoms with E-state index < -0.39 is 0 Å². The second kappa shape index (κ2) is 7.49. The molecule has 1 rings (SSSR count). The lowest BCUT2D eigenvalue weighted by atomic mass is 10.2. The van der Waals surface area contributed by atoms with Crippen molar-refractivity contribution in [2.45, 2.75) is 26.5 Å². The van der Waals surface area contributed by atoms with Crippen LogP contribution in [0.15, 0.2) is 36.4 Å². The highest BCUT2D eigenvalue weighted by Crippen LogP contribution is 2.15. The maximum Gasteiger partial charge on any atom is 0.0735 e. The molecule has 1 aromatic carbocycles. The molecule has 0 amide bonds. The third kappa shape index (κ3) is 5.87. The Labute approximate surface area is 109 Å². The monoisotopic (exact) mass is 253 g/mol. The average Bonchev–Trinajstić information content (AvgIpc) is 2.29. The summed E-state index contributed by atoms with van der Waals surface area (Å²) in [7, 11) is 0. The molecule has 0 radical (unpaired) electrons. The van der Waals surface area contributed by atoms with Crippen molar-refractivity contribution >= 4 is 11.6 Å². The molecule has 3 heteroatoms. The number of nitrogens with one attached hydrogen (secondary N) is 1. The second-order valence-electron chi connectivity index (χ2n) is 4.37. The molecule has 0 aliphatic heterocycles. The van der Waals surface area contributed by atoms with Gasteiger partial charge in [-0.25, -0.2) is 0 Å². The predicted molar refractivity (Wildman–Crippen MR) is 73.4 cm³/mol. The van der Waals surface area contributed by atoms with Crippen molar-refractivity contribution in [3.8, 4) is 0 Å². The molecular weight excluding hydrogens is 234 g/mol. The molecule has 1 aromatic rings. The third-order valence-electron chi connectivity index (χ3n) is 2.28. The van der Waals surface area contributed by atoms with E-state index in [0.717, 1.165) is 22.7 Å². The third-order valence-corrected chi connectivity index (χ3v) is 2.65. The Hall–Kier alpha value is -0.830. The maximum atomic E-state index is 6.03. The number of rotatable bonds is 7. The van der Waals surface area contributed by atoms with Crippen LogP contribution in [0.3, 0.4) is 0 Å². The van der Waals surface area contributed by atoms with Crippen molar-refractivity contribution in [1.82, 2.24) is 5.32 Å². The van der Waals surface area contributed by atoms with Crippen LogP contribution < -0.4 is 5.32 Å². The van der Waals surface area contributed by atoms with Gasteiger partial charge < -0.3 is 10.1 Å². The minimum atomic E-state index is 0.468. The minimum absolute atomic E-state index is 0.468. The van der Waals surface area contributed by atoms with Crippen molar-refractivity contribution in [1.29, 1.82) is 0 Å². The molecule has 0 bridgehead atoms. The molecule has 0 aliphatic rings. The molecule has 0 saturated carbocycles. The van der Waals surface area contributed by atoms with Crippen molar-refractivity contribution < 1.29 is 4.74 Å². The Balaban J connectivity index is 2.24. The van der Waals surface area contributed by atoms with Gasteiger partial charge in [-0.15, -0.1) is 0 Å². The first kappa shape index (κ1) is 14.2. The Morgan fingerprint density at radius 3 is 2.76 bits per heavy atom. The molecule has 0 atom stereocenters. The average molecular weight is 254 g/mol. The smallest absolute Gasteiger partial charge is 0.0735 e. The lowest BCUT2D eigenvalue weighted by Gasteiger charge is -2.11. The number of ether oxygens (including phenoxy) is 1. The van der Waals surface area contributed by atoms with Crippen molar-refractivity contribution in [3.05, 3.63) is 47.0 Å². The van der Waals surface area contributed by atoms with E-state index in [-0.39, 0.29) is 0 Å². The van der Waals surface area contributed by atoms with Crippen LogP contribution in [0.2, 0.25) is 5.02 Å². The van der Waals surface area contributed by atoms with Gasteiger partial charge in [-0.05, 0) is 17.2 Å². The summed E-state index contributed by atoms with van der Waals surface area (Å²) in [6.45, 7) is 10.1. The van der Waals surface area contributed by atoms with Crippen LogP contribution in [0.1, 0.15) is 19.4 Å². The van der Waals surface area contributed by atoms with E-state index in [0.29, 0.717) is 19.3 Å². The fourth-order valence-electron chi connectivity index (χ4n) is 1.32. The highest BCUT2D eigenvalue weighted by molar-refractivity contribution is 6.31. The van der Waals surface area contributed by atoms with Crippen LogP contribution in [0.4, 0.5) is 0 Å². The molecule has 0 saturated heterocycles. The zero-order valence-electron chi connectivity index (χ0n) is 10.5. The minimum Gasteiger partial charge on any atom is -0.372 e. The lowest BCUT2D eigenvalue weighted by molar-refractivity contribution is 0.141. The van der Waals surface area contributed by atoms with E-state index in [1.54, 1.807) is 0 Å². The molecule has 0 aliphatic carbocycles. The van der Waals surface area contributed by atoms with E-state index >= 15 is 0 Å². The summed E-state index contributed by atoms with van der Waals surface area (Å²) in [6, 6.07) is 8.18. The van der Waals surface area contributed by atoms with Gasteiger partial charge in [-0.3, -0.25) is 0 Å². The van der Waals surface area contributed by atoms with Crippen LogP contribution in [-0.2, 0) is 11.3 Å². The Morgan fingerprint density at radius 2 is 2.12 bits per heavy atom. The van der Waals surface area contributed by atoms with E-state index in [1.165, 1.54) is 0 Å². The van der Waals surface area contributed by atoms with Crippen LogP contribution in [0.25, 0.3) is 0 Å². The van der Waals surface area contributed by atoms with E-state index in [9.17, 15) is 0 Å². The summed E-state index contributed by atoms with van der Waals surface area (Å²) in [5.41, 5.74) is 2.06. The fraction of sp³-hybridized carbons (Fsp3) is 0.429. The van der Waals surface area contributed by atoms with Gasteiger partial charge in [0.1, 0.15) is 0 Å². The van der Waals surface area contributed by atoms with Gasteiger partial charge >= 0.3 is 0 Å². The van der Waals surface area contributed by atoms with Crippen LogP contribution in [0.5, 0.6) is 0 Å². The molecule has 0 heterocycles. The van der Waals surface area contributed by atoms with Gasteiger partial charge in [0.15, 0.2) is 0 Å². The molecule has 0 spiro atoms. The number of hydrogen-bond acceptors (Lipinski definition) is 2. The van der Waals surface area contributed by atoms with Crippen molar-refractivity contribution in [2.24, 2.45) is 0 Å². The van der Waals surface area contributed by atoms with Crippen LogP contribution >= 0.6 is 11.6 Å². The van der Waals surface area contributed by atoms with Crippen molar-refractivity contribution in [3.63, 3.8) is 0 Å². The Kier molecular flexibility index (Phi) is 6.27. The fourth-order valence-corrected chi connectivity index (χ4v) is 1.51. The Bertz CT molecular complexity index is 363. The summed E-state index contributed by atoms with van der Waals surface area (Å²) >= 11 is 6.03. The number of halogens is 1. The molecule has 1 N–H and O–H groups in total. The first-order valence-corrected chi connectivity index (χ1v) is 6.18. The summed E-state index contributed by atoms with van der Waals surface area (Å²) in [5, 5.41) is 4.05. The first-order valence-electron chi connectivity index (χ1n) is 5.80. The summed E-state index contributed by atoms with van der Waals surface area (Å²) in [5.74, 6) is 0. The molecule has 0 fully saturated rings. The molecule has 0 aromatic heterocycles. The maximum absolute atomic E-state index is 6.03. The van der Waals surface area contributed by atoms with E-state index in [4.69, 9.17) is 16.3 Å². The first-order chi connectivity index (χ1) is 8.09. The highest BCUT2D eigenvalue weighted by Gasteiger charge is 2.00. The summed E-state index contributed by atoms with van der Waals surface area (Å²) < 4.78 is 5.57. The highest BCUT2D eigenvalue weighted by atomic mass is 35.5. The SMILES string of the molecule is C=C(CNC(C)C)COCc1ccccc1Cl. The van der Waals surface area contributed by atoms with Gasteiger partial charge in [0.2, 0.25) is 0 Å². The molecule has 17 heavy (non-hydrogen) atoms. The largest absolute Gasteiger partial charge is 0.372 e. The number of hydrogen-bond donors (Lipinski definition) is 1. The molecule has 2 nitrogen and oxygen atoms in total. The second-order valence-corrected chi connectivity index (χ2v) is 4.78. The van der Waals surface area contributed by atoms with Gasteiger partial charge in [0.25, 0.3) is 0 Å². The lowest BCUT2D eigenvalue weighted by Crippen LogP contribution is -2.25. The van der Waals surface area contributed by atoms with Crippen LogP contribution in [0, 0.1) is 0 Å². The van der Waals surface area contributed by atoms with Gasteiger partial charge in [-0.2, -0.15) is 0 Å². The zero-order valence-corrected chi connectivity index (χ0v) is 11.3. The zero-order chi connectivity index (χ0) is 12.7. The summed E-state index contributed by atoms with van der Waals surface area (Å²) in [4.78, 5) is 0. The Morgan fingerprint density at radius 1 is 1.41 bits per heavy atom. The van der Waals surface area contributed by atoms with E-state index in [1.807, 2.05) is 24.3 Å². The molecule has 0 unspecified atom stereocenters. The van der Waals surface area contributed by atoms with Crippen molar-refractivity contribution in [2.75, 3.05) is 13.2 Å². The van der Waals surface area contributed by atoms with Crippen LogP contribution in [-0.4, -0.2) is 19.2 Å².